The van der Waals surface area contributed by atoms with E-state index in [4.69, 9.17) is 18.9 Å². The minimum atomic E-state index is -0.772. The molecule has 0 bridgehead atoms. The predicted molar refractivity (Wildman–Crippen MR) is 75.2 cm³/mol. The summed E-state index contributed by atoms with van der Waals surface area (Å²) >= 11 is 0. The molecule has 1 aromatic heterocycles. The van der Waals surface area contributed by atoms with Crippen molar-refractivity contribution < 1.29 is 48.5 Å². The third-order valence-electron chi connectivity index (χ3n) is 3.68. The van der Waals surface area contributed by atoms with Gasteiger partial charge in [0.15, 0.2) is 12.0 Å². The quantitative estimate of drug-likeness (QED) is 0.461. The van der Waals surface area contributed by atoms with Crippen molar-refractivity contribution in [2.45, 2.75) is 44.2 Å². The summed E-state index contributed by atoms with van der Waals surface area (Å²) in [6.45, 7) is 7.82. The van der Waals surface area contributed by atoms with E-state index < -0.39 is 29.4 Å². The van der Waals surface area contributed by atoms with Crippen LogP contribution in [0.3, 0.4) is 0 Å². The summed E-state index contributed by atoms with van der Waals surface area (Å²) in [6.07, 6.45) is -0.489. The molecule has 3 rings (SSSR count). The standard InChI is InChI=1S/C14H19N2O6.Na/c1-4-19-7-8-10-11(22-14(2,3)21-10)12(20-8)16-6-5-9(17)15-13(16)18;/h5-6,8,10-12H,1,4,7H2,2-3H3,(H,15,17,18);/q-1;+1/t8-,10?,11+,12-;/m1./s1. The molecule has 8 nitrogen and oxygen atoms in total. The summed E-state index contributed by atoms with van der Waals surface area (Å²) in [6, 6.07) is 1.26. The fourth-order valence-corrected chi connectivity index (χ4v) is 2.84. The molecule has 0 radical (unpaired) electrons. The van der Waals surface area contributed by atoms with E-state index in [0.717, 1.165) is 0 Å². The molecule has 1 unspecified atom stereocenters. The Morgan fingerprint density at radius 3 is 2.70 bits per heavy atom. The van der Waals surface area contributed by atoms with Crippen LogP contribution in [0, 0.1) is 6.92 Å². The Morgan fingerprint density at radius 1 is 1.35 bits per heavy atom. The van der Waals surface area contributed by atoms with Gasteiger partial charge in [-0.05, 0) is 13.8 Å². The number of hydrogen-bond acceptors (Lipinski definition) is 6. The molecule has 0 amide bonds. The van der Waals surface area contributed by atoms with Gasteiger partial charge in [-0.2, -0.15) is 0 Å². The Hall–Kier alpha value is -0.480. The Kier molecular flexibility index (Phi) is 5.89. The number of aromatic amines is 1. The fraction of sp³-hybridized carbons (Fsp3) is 0.643. The van der Waals surface area contributed by atoms with E-state index in [0.29, 0.717) is 13.2 Å². The largest absolute Gasteiger partial charge is 1.00 e. The predicted octanol–water partition coefficient (Wildman–Crippen LogP) is -3.19. The first kappa shape index (κ1) is 18.9. The number of nitrogens with one attached hydrogen (secondary N) is 1. The molecule has 0 aromatic carbocycles. The van der Waals surface area contributed by atoms with Crippen molar-refractivity contribution in [3.05, 3.63) is 40.0 Å². The normalized spacial score (nSPS) is 31.6. The van der Waals surface area contributed by atoms with Crippen LogP contribution in [-0.2, 0) is 18.9 Å². The van der Waals surface area contributed by atoms with Crippen LogP contribution in [0.15, 0.2) is 21.9 Å². The van der Waals surface area contributed by atoms with Crippen LogP contribution in [0.4, 0.5) is 0 Å². The summed E-state index contributed by atoms with van der Waals surface area (Å²) in [7, 11) is 0. The Balaban J connectivity index is 0.00000192. The van der Waals surface area contributed by atoms with Gasteiger partial charge in [0.25, 0.3) is 5.56 Å². The molecule has 0 saturated carbocycles. The molecule has 4 atom stereocenters. The molecule has 0 spiro atoms. The molecule has 23 heavy (non-hydrogen) atoms. The van der Waals surface area contributed by atoms with E-state index in [1.807, 2.05) is 0 Å². The zero-order chi connectivity index (χ0) is 15.9. The van der Waals surface area contributed by atoms with Gasteiger partial charge in [0.1, 0.15) is 18.3 Å². The second kappa shape index (κ2) is 7.18. The van der Waals surface area contributed by atoms with E-state index >= 15 is 0 Å². The van der Waals surface area contributed by atoms with E-state index in [9.17, 15) is 9.59 Å². The monoisotopic (exact) mass is 334 g/mol. The minimum absolute atomic E-state index is 0. The third kappa shape index (κ3) is 3.79. The van der Waals surface area contributed by atoms with Gasteiger partial charge in [0, 0.05) is 12.3 Å². The Bertz CT molecular complexity index is 657. The van der Waals surface area contributed by atoms with Gasteiger partial charge in [0.05, 0.1) is 6.61 Å². The summed E-state index contributed by atoms with van der Waals surface area (Å²) in [5.74, 6) is -0.772. The summed E-state index contributed by atoms with van der Waals surface area (Å²) in [5, 5.41) is 0. The first-order valence-electron chi connectivity index (χ1n) is 7.11. The zero-order valence-electron chi connectivity index (χ0n) is 13.5. The summed E-state index contributed by atoms with van der Waals surface area (Å²) < 4.78 is 24.2. The maximum absolute atomic E-state index is 12.0. The fourth-order valence-electron chi connectivity index (χ4n) is 2.84. The first-order chi connectivity index (χ1) is 10.4. The number of nitrogens with zero attached hydrogens (tertiary/aromatic N) is 1. The molecule has 2 fully saturated rings. The molecular weight excluding hydrogens is 315 g/mol. The van der Waals surface area contributed by atoms with Crippen LogP contribution >= 0.6 is 0 Å². The second-order valence-corrected chi connectivity index (χ2v) is 5.72. The molecule has 9 heteroatoms. The maximum Gasteiger partial charge on any atom is 1.00 e. The van der Waals surface area contributed by atoms with Crippen LogP contribution in [0.25, 0.3) is 0 Å². The van der Waals surface area contributed by atoms with Crippen LogP contribution < -0.4 is 40.8 Å². The molecule has 1 aromatic rings. The molecule has 122 valence electrons. The van der Waals surface area contributed by atoms with E-state index in [2.05, 4.69) is 11.9 Å². The SMILES string of the molecule is [CH2-]COC[C@H]1O[C@@H](n2ccc(=O)[nH]c2=O)[C@H]2OC(C)(C)OC12.[Na+]. The number of rotatable bonds is 4. The topological polar surface area (TPSA) is 91.8 Å². The van der Waals surface area contributed by atoms with Gasteiger partial charge in [-0.25, -0.2) is 4.79 Å². The van der Waals surface area contributed by atoms with E-state index in [-0.39, 0.29) is 41.8 Å². The number of H-pyrrole nitrogens is 1. The summed E-state index contributed by atoms with van der Waals surface area (Å²) in [4.78, 5) is 25.4. The summed E-state index contributed by atoms with van der Waals surface area (Å²) in [5.41, 5.74) is -1.01. The molecule has 2 aliphatic heterocycles. The molecule has 2 saturated heterocycles. The zero-order valence-corrected chi connectivity index (χ0v) is 15.5. The minimum Gasteiger partial charge on any atom is -0.411 e. The molecule has 2 aliphatic rings. The number of hydrogen-bond donors (Lipinski definition) is 1. The number of fused-ring (bicyclic) bond motifs is 1. The van der Waals surface area contributed by atoms with Gasteiger partial charge in [0.2, 0.25) is 0 Å². The Labute approximate surface area is 155 Å². The van der Waals surface area contributed by atoms with Gasteiger partial charge >= 0.3 is 35.2 Å². The van der Waals surface area contributed by atoms with Crippen LogP contribution in [0.1, 0.15) is 20.1 Å². The number of aromatic nitrogens is 2. The molecule has 1 N–H and O–H groups in total. The van der Waals surface area contributed by atoms with Crippen molar-refractivity contribution in [3.63, 3.8) is 0 Å². The van der Waals surface area contributed by atoms with Crippen LogP contribution in [0.2, 0.25) is 0 Å². The van der Waals surface area contributed by atoms with Gasteiger partial charge in [-0.3, -0.25) is 14.3 Å². The van der Waals surface area contributed by atoms with Crippen molar-refractivity contribution in [1.82, 2.24) is 9.55 Å². The van der Waals surface area contributed by atoms with E-state index in [1.165, 1.54) is 16.8 Å². The van der Waals surface area contributed by atoms with E-state index in [1.54, 1.807) is 13.8 Å². The average Bonchev–Trinajstić information content (AvgIpc) is 2.91. The van der Waals surface area contributed by atoms with Crippen molar-refractivity contribution in [1.29, 1.82) is 0 Å². The first-order valence-corrected chi connectivity index (χ1v) is 7.11. The molecule has 0 aliphatic carbocycles. The second-order valence-electron chi connectivity index (χ2n) is 5.72. The van der Waals surface area contributed by atoms with Crippen LogP contribution in [-0.4, -0.2) is 46.9 Å². The third-order valence-corrected chi connectivity index (χ3v) is 3.68. The maximum atomic E-state index is 12.0. The van der Waals surface area contributed by atoms with Crippen molar-refractivity contribution in [2.24, 2.45) is 0 Å². The van der Waals surface area contributed by atoms with Crippen molar-refractivity contribution in [3.8, 4) is 0 Å². The average molecular weight is 334 g/mol. The smallest absolute Gasteiger partial charge is 0.411 e. The van der Waals surface area contributed by atoms with Crippen molar-refractivity contribution >= 4 is 0 Å². The molecule has 3 heterocycles. The van der Waals surface area contributed by atoms with Gasteiger partial charge < -0.3 is 25.9 Å². The number of ether oxygens (including phenoxy) is 4. The Morgan fingerprint density at radius 2 is 2.04 bits per heavy atom. The van der Waals surface area contributed by atoms with Crippen molar-refractivity contribution in [2.75, 3.05) is 13.2 Å². The molecular formula is C14H19N2NaO6. The van der Waals surface area contributed by atoms with Gasteiger partial charge in [-0.15, -0.1) is 0 Å². The van der Waals surface area contributed by atoms with Gasteiger partial charge in [-0.1, -0.05) is 6.61 Å². The van der Waals surface area contributed by atoms with Crippen LogP contribution in [0.5, 0.6) is 0 Å².